The van der Waals surface area contributed by atoms with Gasteiger partial charge in [-0.05, 0) is 23.7 Å². The molecule has 2 rings (SSSR count). The van der Waals surface area contributed by atoms with Crippen molar-refractivity contribution in [1.29, 1.82) is 0 Å². The Morgan fingerprint density at radius 2 is 1.67 bits per heavy atom. The van der Waals surface area contributed by atoms with E-state index in [0.717, 1.165) is 0 Å². The molecule has 0 radical (unpaired) electrons. The second kappa shape index (κ2) is 3.93. The lowest BCUT2D eigenvalue weighted by molar-refractivity contribution is 0.108. The zero-order valence-electron chi connectivity index (χ0n) is 7.17. The summed E-state index contributed by atoms with van der Waals surface area (Å²) in [6.07, 6.45) is 0. The third-order valence-electron chi connectivity index (χ3n) is 1.92. The molecular weight excluding hydrogens is 258 g/mol. The van der Waals surface area contributed by atoms with E-state index in [-0.39, 0.29) is 10.3 Å². The van der Waals surface area contributed by atoms with Gasteiger partial charge in [-0.25, -0.2) is 0 Å². The minimum absolute atomic E-state index is 0.189. The zero-order valence-corrected chi connectivity index (χ0v) is 9.44. The number of nitrogens with zero attached hydrogens (tertiary/aromatic N) is 2. The van der Waals surface area contributed by atoms with E-state index in [2.05, 4.69) is 10.2 Å². The first-order chi connectivity index (χ1) is 7.09. The number of aromatic nitrogens is 2. The second-order valence-corrected chi connectivity index (χ2v) is 3.87. The highest BCUT2D eigenvalue weighted by Gasteiger charge is 2.09. The summed E-state index contributed by atoms with van der Waals surface area (Å²) >= 11 is 17.0. The van der Waals surface area contributed by atoms with Crippen LogP contribution in [0.2, 0.25) is 10.3 Å². The molecule has 1 heterocycles. The van der Waals surface area contributed by atoms with Gasteiger partial charge in [-0.3, -0.25) is 4.79 Å². The average molecular weight is 261 g/mol. The maximum Gasteiger partial charge on any atom is 0.252 e. The van der Waals surface area contributed by atoms with Crippen molar-refractivity contribution < 1.29 is 4.79 Å². The first-order valence-electron chi connectivity index (χ1n) is 3.91. The molecular formula is C9H3Cl3N2O. The normalized spacial score (nSPS) is 10.6. The highest BCUT2D eigenvalue weighted by atomic mass is 35.5. The Morgan fingerprint density at radius 1 is 1.07 bits per heavy atom. The van der Waals surface area contributed by atoms with Crippen LogP contribution in [0.3, 0.4) is 0 Å². The maximum atomic E-state index is 10.9. The molecule has 0 amide bonds. The lowest BCUT2D eigenvalue weighted by Crippen LogP contribution is -1.91. The quantitative estimate of drug-likeness (QED) is 0.740. The monoisotopic (exact) mass is 260 g/mol. The largest absolute Gasteiger partial charge is 0.276 e. The summed E-state index contributed by atoms with van der Waals surface area (Å²) in [5.41, 5.74) is 0.343. The number of halogens is 3. The van der Waals surface area contributed by atoms with E-state index in [4.69, 9.17) is 34.8 Å². The van der Waals surface area contributed by atoms with E-state index in [0.29, 0.717) is 16.3 Å². The Bertz CT molecular complexity index is 556. The molecule has 1 aromatic heterocycles. The molecule has 0 aliphatic rings. The van der Waals surface area contributed by atoms with Gasteiger partial charge in [-0.1, -0.05) is 29.3 Å². The Morgan fingerprint density at radius 3 is 2.27 bits per heavy atom. The van der Waals surface area contributed by atoms with Crippen molar-refractivity contribution in [2.24, 2.45) is 0 Å². The fourth-order valence-corrected chi connectivity index (χ4v) is 1.73. The Kier molecular flexibility index (Phi) is 2.78. The van der Waals surface area contributed by atoms with E-state index < -0.39 is 5.24 Å². The van der Waals surface area contributed by atoms with E-state index in [1.165, 1.54) is 6.07 Å². The zero-order chi connectivity index (χ0) is 11.0. The van der Waals surface area contributed by atoms with Crippen molar-refractivity contribution in [1.82, 2.24) is 10.2 Å². The number of benzene rings is 1. The molecule has 76 valence electrons. The number of carbonyl (C=O) groups is 1. The van der Waals surface area contributed by atoms with Crippen LogP contribution in [-0.4, -0.2) is 15.4 Å². The van der Waals surface area contributed by atoms with Gasteiger partial charge in [0.05, 0.1) is 0 Å². The van der Waals surface area contributed by atoms with Gasteiger partial charge >= 0.3 is 0 Å². The summed E-state index contributed by atoms with van der Waals surface area (Å²) < 4.78 is 0. The summed E-state index contributed by atoms with van der Waals surface area (Å²) in [4.78, 5) is 10.9. The van der Waals surface area contributed by atoms with Gasteiger partial charge in [-0.2, -0.15) is 0 Å². The molecule has 1 aromatic carbocycles. The fourth-order valence-electron chi connectivity index (χ4n) is 1.21. The number of rotatable bonds is 1. The first-order valence-corrected chi connectivity index (χ1v) is 5.04. The van der Waals surface area contributed by atoms with Crippen LogP contribution in [0, 0.1) is 0 Å². The van der Waals surface area contributed by atoms with E-state index >= 15 is 0 Å². The average Bonchev–Trinajstić information content (AvgIpc) is 2.23. The van der Waals surface area contributed by atoms with Crippen molar-refractivity contribution >= 4 is 50.8 Å². The Labute approximate surface area is 100.0 Å². The van der Waals surface area contributed by atoms with Crippen LogP contribution in [0.15, 0.2) is 18.2 Å². The molecule has 0 saturated carbocycles. The minimum atomic E-state index is -0.555. The minimum Gasteiger partial charge on any atom is -0.276 e. The lowest BCUT2D eigenvalue weighted by atomic mass is 10.1. The molecule has 0 aliphatic heterocycles. The van der Waals surface area contributed by atoms with Gasteiger partial charge in [-0.15, -0.1) is 10.2 Å². The molecule has 0 N–H and O–H groups in total. The smallest absolute Gasteiger partial charge is 0.252 e. The predicted octanol–water partition coefficient (Wildman–Crippen LogP) is 3.32. The Hall–Kier alpha value is -0.900. The van der Waals surface area contributed by atoms with Crippen LogP contribution in [0.5, 0.6) is 0 Å². The SMILES string of the molecule is O=C(Cl)c1ccc2c(Cl)nnc(Cl)c2c1. The highest BCUT2D eigenvalue weighted by molar-refractivity contribution is 6.67. The molecule has 0 atom stereocenters. The van der Waals surface area contributed by atoms with Crippen LogP contribution in [0.4, 0.5) is 0 Å². The van der Waals surface area contributed by atoms with Gasteiger partial charge < -0.3 is 0 Å². The van der Waals surface area contributed by atoms with Gasteiger partial charge in [0.1, 0.15) is 0 Å². The molecule has 0 bridgehead atoms. The number of fused-ring (bicyclic) bond motifs is 1. The number of carbonyl (C=O) groups excluding carboxylic acids is 1. The van der Waals surface area contributed by atoms with Gasteiger partial charge in [0.2, 0.25) is 0 Å². The van der Waals surface area contributed by atoms with Gasteiger partial charge in [0.25, 0.3) is 5.24 Å². The highest BCUT2D eigenvalue weighted by Crippen LogP contribution is 2.27. The molecule has 2 aromatic rings. The molecule has 3 nitrogen and oxygen atoms in total. The van der Waals surface area contributed by atoms with Crippen LogP contribution >= 0.6 is 34.8 Å². The van der Waals surface area contributed by atoms with Gasteiger partial charge in [0.15, 0.2) is 10.3 Å². The van der Waals surface area contributed by atoms with Crippen LogP contribution < -0.4 is 0 Å². The van der Waals surface area contributed by atoms with Gasteiger partial charge in [0, 0.05) is 16.3 Å². The molecule has 0 fully saturated rings. The summed E-state index contributed by atoms with van der Waals surface area (Å²) in [5.74, 6) is 0. The first kappa shape index (κ1) is 10.6. The van der Waals surface area contributed by atoms with Crippen molar-refractivity contribution in [3.05, 3.63) is 34.1 Å². The third-order valence-corrected chi connectivity index (χ3v) is 2.69. The summed E-state index contributed by atoms with van der Waals surface area (Å²) in [6, 6.07) is 4.73. The fraction of sp³-hybridized carbons (Fsp3) is 0. The number of hydrogen-bond acceptors (Lipinski definition) is 3. The predicted molar refractivity (Wildman–Crippen MR) is 59.7 cm³/mol. The van der Waals surface area contributed by atoms with Crippen molar-refractivity contribution in [3.63, 3.8) is 0 Å². The van der Waals surface area contributed by atoms with E-state index in [1.807, 2.05) is 0 Å². The maximum absolute atomic E-state index is 10.9. The summed E-state index contributed by atoms with van der Waals surface area (Å²) in [7, 11) is 0. The van der Waals surface area contributed by atoms with Crippen molar-refractivity contribution in [2.75, 3.05) is 0 Å². The second-order valence-electron chi connectivity index (χ2n) is 2.82. The Balaban J connectivity index is 2.81. The van der Waals surface area contributed by atoms with Crippen LogP contribution in [0.25, 0.3) is 10.8 Å². The number of hydrogen-bond donors (Lipinski definition) is 0. The van der Waals surface area contributed by atoms with E-state index in [9.17, 15) is 4.79 Å². The van der Waals surface area contributed by atoms with Crippen molar-refractivity contribution in [2.45, 2.75) is 0 Å². The standard InChI is InChI=1S/C9H3Cl3N2O/c10-7-5-2-1-4(9(12)15)3-6(5)8(11)14-13-7/h1-3H. The molecule has 0 spiro atoms. The topological polar surface area (TPSA) is 42.9 Å². The van der Waals surface area contributed by atoms with Crippen LogP contribution in [0.1, 0.15) is 10.4 Å². The molecule has 0 saturated heterocycles. The van der Waals surface area contributed by atoms with Crippen molar-refractivity contribution in [3.8, 4) is 0 Å². The molecule has 0 aliphatic carbocycles. The summed E-state index contributed by atoms with van der Waals surface area (Å²) in [6.45, 7) is 0. The molecule has 15 heavy (non-hydrogen) atoms. The van der Waals surface area contributed by atoms with Crippen LogP contribution in [-0.2, 0) is 0 Å². The van der Waals surface area contributed by atoms with E-state index in [1.54, 1.807) is 12.1 Å². The third kappa shape index (κ3) is 1.91. The lowest BCUT2D eigenvalue weighted by Gasteiger charge is -2.01. The molecule has 0 unspecified atom stereocenters. The molecule has 6 heteroatoms. The summed E-state index contributed by atoms with van der Waals surface area (Å²) in [5, 5.41) is 8.35.